The van der Waals surface area contributed by atoms with Gasteiger partial charge in [-0.2, -0.15) is 0 Å². The first kappa shape index (κ1) is 25.1. The molecule has 0 bridgehead atoms. The van der Waals surface area contributed by atoms with Gasteiger partial charge in [-0.3, -0.25) is 9.89 Å². The van der Waals surface area contributed by atoms with E-state index in [1.54, 1.807) is 25.2 Å². The molecule has 1 aliphatic rings. The van der Waals surface area contributed by atoms with Crippen molar-refractivity contribution >= 4 is 11.6 Å². The van der Waals surface area contributed by atoms with Crippen LogP contribution in [0.15, 0.2) is 47.0 Å². The predicted molar refractivity (Wildman–Crippen MR) is 127 cm³/mol. The molecule has 1 atom stereocenters. The van der Waals surface area contributed by atoms with Crippen molar-refractivity contribution in [3.05, 3.63) is 42.9 Å². The lowest BCUT2D eigenvalue weighted by Crippen LogP contribution is -2.38. The first-order valence-corrected chi connectivity index (χ1v) is 11.1. The summed E-state index contributed by atoms with van der Waals surface area (Å²) in [5, 5.41) is 0. The molecule has 1 saturated heterocycles. The number of hydrogen-bond acceptors (Lipinski definition) is 5. The average Bonchev–Trinajstić information content (AvgIpc) is 2.88. The summed E-state index contributed by atoms with van der Waals surface area (Å²) in [4.78, 5) is 11.2. The normalized spacial score (nSPS) is 21.5. The van der Waals surface area contributed by atoms with Crippen LogP contribution in [0.25, 0.3) is 0 Å². The highest BCUT2D eigenvalue weighted by molar-refractivity contribution is 6.40. The fourth-order valence-electron chi connectivity index (χ4n) is 3.75. The Balaban J connectivity index is 1.92. The minimum absolute atomic E-state index is 0.170. The van der Waals surface area contributed by atoms with Gasteiger partial charge >= 0.3 is 0 Å². The van der Waals surface area contributed by atoms with E-state index in [0.717, 1.165) is 44.5 Å². The smallest absolute Gasteiger partial charge is 0.236 e. The Kier molecular flexibility index (Phi) is 9.23. The van der Waals surface area contributed by atoms with E-state index in [9.17, 15) is 4.39 Å². The lowest BCUT2D eigenvalue weighted by molar-refractivity contribution is 0.120. The number of ether oxygens (including phenoxy) is 2. The van der Waals surface area contributed by atoms with Crippen molar-refractivity contribution in [2.45, 2.75) is 59.0 Å². The minimum Gasteiger partial charge on any atom is -0.490 e. The molecule has 2 rings (SSSR count). The monoisotopic (exact) mass is 431 g/mol. The number of benzene rings is 1. The number of likely N-dealkylation sites (tertiary alicyclic amines) is 1. The standard InChI is InChI=1S/C25H38FN3O2/c1-7-28-23(31-24(2,3)4)21(27-6)19-29-16-10-13-25(5,14-17-29)15-18-30-22-12-9-8-11-20(22)26/h7-9,11-12H,1,10,13-19H2,2-6H3. The van der Waals surface area contributed by atoms with E-state index in [0.29, 0.717) is 24.8 Å². The average molecular weight is 432 g/mol. The molecule has 0 spiro atoms. The van der Waals surface area contributed by atoms with E-state index in [-0.39, 0.29) is 16.8 Å². The molecule has 5 nitrogen and oxygen atoms in total. The Morgan fingerprint density at radius 1 is 1.26 bits per heavy atom. The summed E-state index contributed by atoms with van der Waals surface area (Å²) in [5.41, 5.74) is 0.651. The van der Waals surface area contributed by atoms with Gasteiger partial charge in [-0.15, -0.1) is 0 Å². The van der Waals surface area contributed by atoms with Crippen molar-refractivity contribution in [2.75, 3.05) is 33.3 Å². The van der Waals surface area contributed by atoms with E-state index >= 15 is 0 Å². The maximum Gasteiger partial charge on any atom is 0.236 e. The number of hydrogen-bond donors (Lipinski definition) is 0. The van der Waals surface area contributed by atoms with Crippen LogP contribution in [0, 0.1) is 11.2 Å². The Morgan fingerprint density at radius 2 is 2.00 bits per heavy atom. The summed E-state index contributed by atoms with van der Waals surface area (Å²) in [5.74, 6) is 0.564. The summed E-state index contributed by atoms with van der Waals surface area (Å²) in [6.07, 6.45) is 5.68. The van der Waals surface area contributed by atoms with Crippen LogP contribution in [0.2, 0.25) is 0 Å². The Bertz CT molecular complexity index is 785. The first-order valence-electron chi connectivity index (χ1n) is 11.1. The summed E-state index contributed by atoms with van der Waals surface area (Å²) < 4.78 is 25.5. The quantitative estimate of drug-likeness (QED) is 0.402. The molecule has 1 unspecified atom stereocenters. The molecule has 1 aromatic carbocycles. The molecule has 31 heavy (non-hydrogen) atoms. The highest BCUT2D eigenvalue weighted by Gasteiger charge is 2.29. The number of nitrogens with zero attached hydrogens (tertiary/aromatic N) is 3. The lowest BCUT2D eigenvalue weighted by atomic mass is 9.80. The van der Waals surface area contributed by atoms with Gasteiger partial charge in [0.05, 0.1) is 6.61 Å². The molecular weight excluding hydrogens is 393 g/mol. The largest absolute Gasteiger partial charge is 0.490 e. The Morgan fingerprint density at radius 3 is 2.65 bits per heavy atom. The van der Waals surface area contributed by atoms with Gasteiger partial charge in [0.1, 0.15) is 11.3 Å². The van der Waals surface area contributed by atoms with Crippen LogP contribution >= 0.6 is 0 Å². The van der Waals surface area contributed by atoms with Crippen LogP contribution in [-0.2, 0) is 4.74 Å². The second kappa shape index (κ2) is 11.4. The van der Waals surface area contributed by atoms with Gasteiger partial charge in [0.2, 0.25) is 5.90 Å². The van der Waals surface area contributed by atoms with Gasteiger partial charge in [-0.05, 0) is 77.1 Å². The van der Waals surface area contributed by atoms with Crippen LogP contribution < -0.4 is 4.74 Å². The fourth-order valence-corrected chi connectivity index (χ4v) is 3.75. The number of aliphatic imine (C=N–C) groups is 2. The van der Waals surface area contributed by atoms with Crippen LogP contribution in [0.5, 0.6) is 5.75 Å². The molecule has 0 N–H and O–H groups in total. The molecule has 0 saturated carbocycles. The van der Waals surface area contributed by atoms with E-state index in [2.05, 4.69) is 28.4 Å². The van der Waals surface area contributed by atoms with E-state index in [1.165, 1.54) is 12.3 Å². The third kappa shape index (κ3) is 8.44. The van der Waals surface area contributed by atoms with E-state index < -0.39 is 0 Å². The second-order valence-corrected chi connectivity index (χ2v) is 9.47. The van der Waals surface area contributed by atoms with Gasteiger partial charge in [-0.25, -0.2) is 9.38 Å². The maximum absolute atomic E-state index is 13.8. The van der Waals surface area contributed by atoms with Crippen molar-refractivity contribution in [1.29, 1.82) is 0 Å². The molecule has 0 aromatic heterocycles. The van der Waals surface area contributed by atoms with E-state index in [4.69, 9.17) is 9.47 Å². The molecule has 0 radical (unpaired) electrons. The predicted octanol–water partition coefficient (Wildman–Crippen LogP) is 5.51. The lowest BCUT2D eigenvalue weighted by Gasteiger charge is -2.29. The van der Waals surface area contributed by atoms with Crippen LogP contribution in [0.1, 0.15) is 53.4 Å². The van der Waals surface area contributed by atoms with Crippen LogP contribution in [-0.4, -0.2) is 55.4 Å². The molecule has 1 aromatic rings. The van der Waals surface area contributed by atoms with Crippen molar-refractivity contribution in [2.24, 2.45) is 15.4 Å². The fraction of sp³-hybridized carbons (Fsp3) is 0.600. The van der Waals surface area contributed by atoms with E-state index in [1.807, 2.05) is 20.8 Å². The van der Waals surface area contributed by atoms with Gasteiger partial charge in [0, 0.05) is 19.8 Å². The molecular formula is C25H38FN3O2. The first-order chi connectivity index (χ1) is 14.7. The molecule has 6 heteroatoms. The minimum atomic E-state index is -0.354. The SMILES string of the molecule is C=CN=C(OC(C)(C)C)C(CN1CCCC(C)(CCOc2ccccc2F)CC1)=NC. The molecule has 1 fully saturated rings. The molecule has 0 amide bonds. The van der Waals surface area contributed by atoms with Crippen molar-refractivity contribution < 1.29 is 13.9 Å². The summed E-state index contributed by atoms with van der Waals surface area (Å²) >= 11 is 0. The van der Waals surface area contributed by atoms with Crippen molar-refractivity contribution in [3.63, 3.8) is 0 Å². The summed E-state index contributed by atoms with van der Waals surface area (Å²) in [6, 6.07) is 6.58. The molecule has 1 aliphatic heterocycles. The van der Waals surface area contributed by atoms with Gasteiger partial charge in [0.15, 0.2) is 11.6 Å². The highest BCUT2D eigenvalue weighted by atomic mass is 19.1. The molecule has 0 aliphatic carbocycles. The van der Waals surface area contributed by atoms with Crippen LogP contribution in [0.4, 0.5) is 4.39 Å². The maximum atomic E-state index is 13.8. The number of para-hydroxylation sites is 1. The van der Waals surface area contributed by atoms with Crippen LogP contribution in [0.3, 0.4) is 0 Å². The zero-order chi connectivity index (χ0) is 22.9. The number of halogens is 1. The zero-order valence-electron chi connectivity index (χ0n) is 19.8. The summed E-state index contributed by atoms with van der Waals surface area (Å²) in [7, 11) is 1.78. The summed E-state index contributed by atoms with van der Waals surface area (Å²) in [6.45, 7) is 15.2. The third-order valence-electron chi connectivity index (χ3n) is 5.59. The third-order valence-corrected chi connectivity index (χ3v) is 5.59. The van der Waals surface area contributed by atoms with Gasteiger partial charge in [0.25, 0.3) is 0 Å². The topological polar surface area (TPSA) is 46.4 Å². The highest BCUT2D eigenvalue weighted by Crippen LogP contribution is 2.34. The van der Waals surface area contributed by atoms with Gasteiger partial charge < -0.3 is 9.47 Å². The van der Waals surface area contributed by atoms with Gasteiger partial charge in [-0.1, -0.05) is 25.6 Å². The number of rotatable bonds is 8. The molecule has 172 valence electrons. The Hall–Kier alpha value is -2.21. The second-order valence-electron chi connectivity index (χ2n) is 9.47. The van der Waals surface area contributed by atoms with Crippen molar-refractivity contribution in [3.8, 4) is 5.75 Å². The van der Waals surface area contributed by atoms with Crippen molar-refractivity contribution in [1.82, 2.24) is 4.90 Å². The Labute approximate surface area is 187 Å². The molecule has 1 heterocycles. The zero-order valence-corrected chi connectivity index (χ0v) is 19.8.